The number of amides is 1. The maximum atomic E-state index is 11.4. The summed E-state index contributed by atoms with van der Waals surface area (Å²) in [6.07, 6.45) is 4.92. The molecular weight excluding hydrogens is 368 g/mol. The summed E-state index contributed by atoms with van der Waals surface area (Å²) < 4.78 is 5.19. The lowest BCUT2D eigenvalue weighted by Crippen LogP contribution is -2.48. The monoisotopic (exact) mass is 396 g/mol. The summed E-state index contributed by atoms with van der Waals surface area (Å²) in [5.74, 6) is 2.43. The normalized spacial score (nSPS) is 26.7. The third-order valence-corrected chi connectivity index (χ3v) is 6.07. The van der Waals surface area contributed by atoms with Crippen molar-refractivity contribution >= 4 is 5.91 Å². The number of aliphatic hydroxyl groups is 1. The van der Waals surface area contributed by atoms with Gasteiger partial charge in [0.15, 0.2) is 5.82 Å². The average molecular weight is 396 g/mol. The Hall–Kier alpha value is -2.51. The number of nitrogens with zero attached hydrogens (tertiary/aromatic N) is 3. The molecular formula is C22H28N4O3. The van der Waals surface area contributed by atoms with Crippen molar-refractivity contribution in [2.24, 2.45) is 11.8 Å². The summed E-state index contributed by atoms with van der Waals surface area (Å²) in [6, 6.07) is 7.59. The van der Waals surface area contributed by atoms with Crippen molar-refractivity contribution in [2.75, 3.05) is 20.2 Å². The Morgan fingerprint density at radius 2 is 1.83 bits per heavy atom. The predicted octanol–water partition coefficient (Wildman–Crippen LogP) is 1.86. The number of likely N-dealkylation sites (tertiary alicyclic amines) is 1. The second kappa shape index (κ2) is 8.47. The Labute approximate surface area is 171 Å². The molecule has 4 atom stereocenters. The van der Waals surface area contributed by atoms with Gasteiger partial charge in [-0.1, -0.05) is 0 Å². The Morgan fingerprint density at radius 3 is 2.45 bits per heavy atom. The number of methoxy groups -OCH3 is 1. The van der Waals surface area contributed by atoms with Gasteiger partial charge >= 0.3 is 0 Å². The van der Waals surface area contributed by atoms with Crippen LogP contribution in [-0.4, -0.2) is 58.2 Å². The van der Waals surface area contributed by atoms with Gasteiger partial charge in [-0.25, -0.2) is 9.97 Å². The van der Waals surface area contributed by atoms with E-state index < -0.39 is 6.10 Å². The molecule has 1 aliphatic carbocycles. The maximum Gasteiger partial charge on any atom is 0.217 e. The van der Waals surface area contributed by atoms with E-state index in [4.69, 9.17) is 4.74 Å². The molecule has 2 aromatic rings. The highest BCUT2D eigenvalue weighted by Gasteiger charge is 2.41. The predicted molar refractivity (Wildman–Crippen MR) is 109 cm³/mol. The van der Waals surface area contributed by atoms with Crippen LogP contribution in [0, 0.1) is 11.8 Å². The molecule has 154 valence electrons. The molecule has 1 aromatic heterocycles. The van der Waals surface area contributed by atoms with E-state index in [2.05, 4.69) is 20.2 Å². The van der Waals surface area contributed by atoms with E-state index in [0.717, 1.165) is 49.4 Å². The highest BCUT2D eigenvalue weighted by atomic mass is 16.5. The van der Waals surface area contributed by atoms with Gasteiger partial charge in [0.05, 0.1) is 19.3 Å². The summed E-state index contributed by atoms with van der Waals surface area (Å²) in [4.78, 5) is 22.8. The number of carbonyl (C=O) groups excluding carboxylic acids is 1. The molecule has 0 radical (unpaired) electrons. The van der Waals surface area contributed by atoms with Crippen LogP contribution in [0.4, 0.5) is 0 Å². The van der Waals surface area contributed by atoms with Crippen molar-refractivity contribution in [1.29, 1.82) is 0 Å². The number of fused-ring (bicyclic) bond motifs is 1. The first-order chi connectivity index (χ1) is 14.0. The zero-order valence-electron chi connectivity index (χ0n) is 16.9. The summed E-state index contributed by atoms with van der Waals surface area (Å²) >= 11 is 0. The van der Waals surface area contributed by atoms with Crippen LogP contribution in [0.3, 0.4) is 0 Å². The molecule has 2 fully saturated rings. The van der Waals surface area contributed by atoms with Gasteiger partial charge in [-0.05, 0) is 48.9 Å². The topological polar surface area (TPSA) is 87.6 Å². The molecule has 1 aromatic carbocycles. The van der Waals surface area contributed by atoms with Crippen molar-refractivity contribution in [2.45, 2.75) is 38.5 Å². The molecule has 2 aliphatic rings. The van der Waals surface area contributed by atoms with Crippen LogP contribution < -0.4 is 10.1 Å². The molecule has 29 heavy (non-hydrogen) atoms. The minimum absolute atomic E-state index is 0.0727. The van der Waals surface area contributed by atoms with Crippen LogP contribution >= 0.6 is 0 Å². The Kier molecular flexibility index (Phi) is 5.78. The van der Waals surface area contributed by atoms with E-state index in [9.17, 15) is 9.90 Å². The number of hydrogen-bond acceptors (Lipinski definition) is 6. The molecule has 1 amide bonds. The van der Waals surface area contributed by atoms with E-state index >= 15 is 0 Å². The lowest BCUT2D eigenvalue weighted by molar-refractivity contribution is -0.121. The average Bonchev–Trinajstić information content (AvgIpc) is 3.09. The second-order valence-electron chi connectivity index (χ2n) is 8.20. The molecule has 7 nitrogen and oxygen atoms in total. The molecule has 1 saturated heterocycles. The molecule has 1 aliphatic heterocycles. The number of nitrogens with one attached hydrogen (secondary N) is 1. The first-order valence-electron chi connectivity index (χ1n) is 10.1. The lowest BCUT2D eigenvalue weighted by atomic mass is 9.77. The van der Waals surface area contributed by atoms with E-state index in [1.165, 1.54) is 6.92 Å². The minimum Gasteiger partial charge on any atom is -0.497 e. The molecule has 7 heteroatoms. The van der Waals surface area contributed by atoms with Crippen molar-refractivity contribution in [3.63, 3.8) is 0 Å². The van der Waals surface area contributed by atoms with Gasteiger partial charge in [0.2, 0.25) is 5.91 Å². The third-order valence-electron chi connectivity index (χ3n) is 6.07. The highest BCUT2D eigenvalue weighted by Crippen LogP contribution is 2.37. The number of carbonyl (C=O) groups is 1. The number of hydrogen-bond donors (Lipinski definition) is 2. The number of benzene rings is 1. The number of rotatable bonds is 5. The maximum absolute atomic E-state index is 11.4. The smallest absolute Gasteiger partial charge is 0.217 e. The molecule has 0 spiro atoms. The van der Waals surface area contributed by atoms with Crippen LogP contribution in [0.1, 0.15) is 25.3 Å². The van der Waals surface area contributed by atoms with Gasteiger partial charge in [0, 0.05) is 50.1 Å². The fourth-order valence-corrected chi connectivity index (χ4v) is 4.66. The van der Waals surface area contributed by atoms with E-state index in [-0.39, 0.29) is 11.9 Å². The molecule has 1 saturated carbocycles. The van der Waals surface area contributed by atoms with Gasteiger partial charge < -0.3 is 15.2 Å². The Bertz CT molecular complexity index is 840. The van der Waals surface area contributed by atoms with E-state index in [1.807, 2.05) is 36.7 Å². The molecule has 2 N–H and O–H groups in total. The fourth-order valence-electron chi connectivity index (χ4n) is 4.66. The second-order valence-corrected chi connectivity index (χ2v) is 8.20. The zero-order chi connectivity index (χ0) is 20.4. The van der Waals surface area contributed by atoms with Gasteiger partial charge in [-0.3, -0.25) is 9.69 Å². The highest BCUT2D eigenvalue weighted by molar-refractivity contribution is 5.73. The first-order valence-corrected chi connectivity index (χ1v) is 10.1. The van der Waals surface area contributed by atoms with Gasteiger partial charge in [-0.15, -0.1) is 0 Å². The summed E-state index contributed by atoms with van der Waals surface area (Å²) in [7, 11) is 1.65. The van der Waals surface area contributed by atoms with Crippen LogP contribution in [0.5, 0.6) is 5.75 Å². The summed E-state index contributed by atoms with van der Waals surface area (Å²) in [5.41, 5.74) is 2.04. The van der Waals surface area contributed by atoms with Crippen molar-refractivity contribution in [3.8, 4) is 17.1 Å². The van der Waals surface area contributed by atoms with Gasteiger partial charge in [0.25, 0.3) is 0 Å². The first kappa shape index (κ1) is 19.8. The van der Waals surface area contributed by atoms with Crippen molar-refractivity contribution < 1.29 is 14.6 Å². The van der Waals surface area contributed by atoms with E-state index in [0.29, 0.717) is 17.7 Å². The van der Waals surface area contributed by atoms with Gasteiger partial charge in [0.1, 0.15) is 5.75 Å². The number of ether oxygens (including phenoxy) is 1. The molecule has 4 rings (SSSR count). The number of aromatic nitrogens is 2. The van der Waals surface area contributed by atoms with Crippen molar-refractivity contribution in [1.82, 2.24) is 20.2 Å². The molecule has 0 bridgehead atoms. The SMILES string of the molecule is COc1ccc(-c2ncc(CN3C[C@H]4C[C@@H](NC(C)=O)[C@H](O)C[C@H]4C3)cn2)cc1. The van der Waals surface area contributed by atoms with E-state index in [1.54, 1.807) is 7.11 Å². The van der Waals surface area contributed by atoms with Crippen LogP contribution in [-0.2, 0) is 11.3 Å². The van der Waals surface area contributed by atoms with Crippen LogP contribution in [0.25, 0.3) is 11.4 Å². The minimum atomic E-state index is -0.452. The Balaban J connectivity index is 1.36. The third kappa shape index (κ3) is 4.57. The summed E-state index contributed by atoms with van der Waals surface area (Å²) in [5, 5.41) is 13.3. The number of aliphatic hydroxyl groups excluding tert-OH is 1. The molecule has 2 heterocycles. The summed E-state index contributed by atoms with van der Waals surface area (Å²) in [6.45, 7) is 4.26. The quantitative estimate of drug-likeness (QED) is 0.802. The zero-order valence-corrected chi connectivity index (χ0v) is 16.9. The largest absolute Gasteiger partial charge is 0.497 e. The standard InChI is InChI=1S/C22H28N4O3/c1-14(27)25-20-7-17-12-26(13-18(17)8-21(20)28)11-15-9-23-22(24-10-15)16-3-5-19(29-2)6-4-16/h3-6,9-10,17-18,20-21,28H,7-8,11-13H2,1-2H3,(H,25,27)/t17-,18+,20-,21-/m1/s1. The fraction of sp³-hybridized carbons (Fsp3) is 0.500. The van der Waals surface area contributed by atoms with Crippen LogP contribution in [0.15, 0.2) is 36.7 Å². The van der Waals surface area contributed by atoms with Crippen LogP contribution in [0.2, 0.25) is 0 Å². The van der Waals surface area contributed by atoms with Crippen molar-refractivity contribution in [3.05, 3.63) is 42.2 Å². The Morgan fingerprint density at radius 1 is 1.17 bits per heavy atom. The van der Waals surface area contributed by atoms with Gasteiger partial charge in [-0.2, -0.15) is 0 Å². The lowest BCUT2D eigenvalue weighted by Gasteiger charge is -2.35. The molecule has 0 unspecified atom stereocenters.